The van der Waals surface area contributed by atoms with Crippen LogP contribution in [-0.2, 0) is 0 Å². The lowest BCUT2D eigenvalue weighted by molar-refractivity contribution is 0.293. The molecule has 1 N–H and O–H groups in total. The van der Waals surface area contributed by atoms with Crippen LogP contribution in [0.2, 0.25) is 0 Å². The zero-order chi connectivity index (χ0) is 13.0. The van der Waals surface area contributed by atoms with E-state index in [1.807, 2.05) is 0 Å². The van der Waals surface area contributed by atoms with E-state index in [-0.39, 0.29) is 0 Å². The number of nitrogens with zero attached hydrogens (tertiary/aromatic N) is 2. The first-order valence-corrected chi connectivity index (χ1v) is 6.75. The molecule has 0 aromatic heterocycles. The zero-order valence-electron chi connectivity index (χ0n) is 11.5. The molecule has 0 bridgehead atoms. The molecule has 0 atom stereocenters. The Morgan fingerprint density at radius 2 is 2.06 bits per heavy atom. The average molecular weight is 245 g/mol. The smallest absolute Gasteiger partial charge is 0.0366 e. The van der Waals surface area contributed by atoms with Crippen molar-refractivity contribution in [3.05, 3.63) is 22.9 Å². The maximum absolute atomic E-state index is 5.69. The molecule has 0 aromatic carbocycles. The van der Waals surface area contributed by atoms with Crippen molar-refractivity contribution in [2.45, 2.75) is 13.3 Å². The number of hydrogen-bond acceptors (Lipinski definition) is 3. The molecule has 1 fully saturated rings. The molecular weight excluding hydrogens is 222 g/mol. The lowest BCUT2D eigenvalue weighted by Gasteiger charge is -2.35. The fraction of sp³-hybridized carbons (Fsp3) is 0.600. The van der Waals surface area contributed by atoms with Crippen LogP contribution in [0.3, 0.4) is 0 Å². The van der Waals surface area contributed by atoms with E-state index in [1.165, 1.54) is 11.3 Å². The normalized spacial score (nSPS) is 23.2. The minimum Gasteiger partial charge on any atom is -0.369 e. The number of hydrogen-bond donors (Lipinski definition) is 1. The van der Waals surface area contributed by atoms with Crippen LogP contribution in [0.1, 0.15) is 13.3 Å². The summed E-state index contributed by atoms with van der Waals surface area (Å²) in [5.74, 6) is 2.89. The first kappa shape index (κ1) is 13.2. The Hall–Kier alpha value is -1.24. The molecule has 0 aliphatic carbocycles. The zero-order valence-corrected chi connectivity index (χ0v) is 11.5. The van der Waals surface area contributed by atoms with Crippen LogP contribution in [0.15, 0.2) is 22.9 Å². The van der Waals surface area contributed by atoms with Crippen LogP contribution in [-0.4, -0.2) is 56.1 Å². The Bertz CT molecular complexity index is 394. The van der Waals surface area contributed by atoms with Crippen molar-refractivity contribution in [3.8, 4) is 12.3 Å². The summed E-state index contributed by atoms with van der Waals surface area (Å²) in [6.45, 7) is 8.43. The van der Waals surface area contributed by atoms with Gasteiger partial charge in [-0.2, -0.15) is 0 Å². The SMILES string of the molecule is C#CC1=C(/C(=C\C)N2CCNCC2)CCN(C)C1. The second-order valence-corrected chi connectivity index (χ2v) is 5.00. The Labute approximate surface area is 111 Å². The van der Waals surface area contributed by atoms with E-state index in [1.54, 1.807) is 0 Å². The van der Waals surface area contributed by atoms with Crippen LogP contribution in [0.4, 0.5) is 0 Å². The van der Waals surface area contributed by atoms with Gasteiger partial charge in [-0.3, -0.25) is 0 Å². The summed E-state index contributed by atoms with van der Waals surface area (Å²) in [6.07, 6.45) is 8.98. The fourth-order valence-electron chi connectivity index (χ4n) is 2.77. The number of terminal acetylenes is 1. The van der Waals surface area contributed by atoms with E-state index in [0.717, 1.165) is 51.3 Å². The van der Waals surface area contributed by atoms with Gasteiger partial charge >= 0.3 is 0 Å². The second kappa shape index (κ2) is 6.08. The molecule has 0 spiro atoms. The molecule has 2 rings (SSSR count). The highest BCUT2D eigenvalue weighted by Gasteiger charge is 2.22. The standard InChI is InChI=1S/C15H23N3/c1-4-13-12-17(3)9-6-14(13)15(5-2)18-10-7-16-8-11-18/h1,5,16H,6-12H2,2-3H3/b15-5+. The summed E-state index contributed by atoms with van der Waals surface area (Å²) in [7, 11) is 2.13. The van der Waals surface area contributed by atoms with Crippen LogP contribution < -0.4 is 5.32 Å². The maximum atomic E-state index is 5.69. The first-order chi connectivity index (χ1) is 8.76. The van der Waals surface area contributed by atoms with Crippen LogP contribution >= 0.6 is 0 Å². The molecule has 0 aromatic rings. The predicted octanol–water partition coefficient (Wildman–Crippen LogP) is 1.06. The van der Waals surface area contributed by atoms with Gasteiger partial charge in [-0.25, -0.2) is 0 Å². The molecule has 0 radical (unpaired) electrons. The number of nitrogens with one attached hydrogen (secondary N) is 1. The van der Waals surface area contributed by atoms with Gasteiger partial charge in [0, 0.05) is 50.5 Å². The van der Waals surface area contributed by atoms with E-state index < -0.39 is 0 Å². The monoisotopic (exact) mass is 245 g/mol. The quantitative estimate of drug-likeness (QED) is 0.734. The molecule has 18 heavy (non-hydrogen) atoms. The molecule has 0 unspecified atom stereocenters. The highest BCUT2D eigenvalue weighted by atomic mass is 15.2. The Balaban J connectivity index is 2.24. The third kappa shape index (κ3) is 2.77. The van der Waals surface area contributed by atoms with Gasteiger partial charge in [-0.15, -0.1) is 6.42 Å². The van der Waals surface area contributed by atoms with Crippen LogP contribution in [0.5, 0.6) is 0 Å². The van der Waals surface area contributed by atoms with E-state index in [9.17, 15) is 0 Å². The molecule has 2 heterocycles. The third-order valence-electron chi connectivity index (χ3n) is 3.75. The van der Waals surface area contributed by atoms with Crippen molar-refractivity contribution in [1.29, 1.82) is 0 Å². The topological polar surface area (TPSA) is 18.5 Å². The van der Waals surface area contributed by atoms with Crippen molar-refractivity contribution >= 4 is 0 Å². The van der Waals surface area contributed by atoms with Crippen molar-refractivity contribution in [3.63, 3.8) is 0 Å². The van der Waals surface area contributed by atoms with Gasteiger partial charge in [0.15, 0.2) is 0 Å². The molecule has 0 saturated carbocycles. The lowest BCUT2D eigenvalue weighted by Crippen LogP contribution is -2.44. The minimum atomic E-state index is 0.912. The summed E-state index contributed by atoms with van der Waals surface area (Å²) in [5.41, 5.74) is 3.91. The molecule has 3 nitrogen and oxygen atoms in total. The minimum absolute atomic E-state index is 0.912. The van der Waals surface area contributed by atoms with Gasteiger partial charge in [-0.1, -0.05) is 12.0 Å². The third-order valence-corrected chi connectivity index (χ3v) is 3.75. The van der Waals surface area contributed by atoms with Crippen molar-refractivity contribution in [1.82, 2.24) is 15.1 Å². The Kier molecular flexibility index (Phi) is 4.46. The first-order valence-electron chi connectivity index (χ1n) is 6.75. The highest BCUT2D eigenvalue weighted by molar-refractivity contribution is 5.44. The van der Waals surface area contributed by atoms with Gasteiger partial charge in [0.05, 0.1) is 0 Å². The summed E-state index contributed by atoms with van der Waals surface area (Å²) in [4.78, 5) is 4.76. The molecular formula is C15H23N3. The lowest BCUT2D eigenvalue weighted by atomic mass is 9.96. The maximum Gasteiger partial charge on any atom is 0.0366 e. The molecule has 98 valence electrons. The van der Waals surface area contributed by atoms with Crippen molar-refractivity contribution < 1.29 is 0 Å². The van der Waals surface area contributed by atoms with E-state index in [0.29, 0.717) is 0 Å². The van der Waals surface area contributed by atoms with E-state index in [4.69, 9.17) is 6.42 Å². The number of likely N-dealkylation sites (N-methyl/N-ethyl adjacent to an activating group) is 1. The van der Waals surface area contributed by atoms with Gasteiger partial charge in [-0.05, 0) is 26.0 Å². The number of piperazine rings is 1. The largest absolute Gasteiger partial charge is 0.369 e. The van der Waals surface area contributed by atoms with Crippen molar-refractivity contribution in [2.75, 3.05) is 46.3 Å². The van der Waals surface area contributed by atoms with Crippen LogP contribution in [0, 0.1) is 12.3 Å². The highest BCUT2D eigenvalue weighted by Crippen LogP contribution is 2.26. The molecule has 2 aliphatic rings. The average Bonchev–Trinajstić information content (AvgIpc) is 2.42. The van der Waals surface area contributed by atoms with Crippen molar-refractivity contribution in [2.24, 2.45) is 0 Å². The fourth-order valence-corrected chi connectivity index (χ4v) is 2.77. The number of allylic oxidation sites excluding steroid dienone is 2. The predicted molar refractivity (Wildman–Crippen MR) is 76.2 cm³/mol. The molecule has 0 amide bonds. The van der Waals surface area contributed by atoms with Gasteiger partial charge < -0.3 is 15.1 Å². The Morgan fingerprint density at radius 3 is 2.67 bits per heavy atom. The summed E-state index contributed by atoms with van der Waals surface area (Å²) in [6, 6.07) is 0. The molecule has 3 heteroatoms. The Morgan fingerprint density at radius 1 is 1.33 bits per heavy atom. The second-order valence-electron chi connectivity index (χ2n) is 5.00. The van der Waals surface area contributed by atoms with Crippen LogP contribution in [0.25, 0.3) is 0 Å². The summed E-state index contributed by atoms with van der Waals surface area (Å²) < 4.78 is 0. The van der Waals surface area contributed by atoms with E-state index in [2.05, 4.69) is 41.1 Å². The van der Waals surface area contributed by atoms with E-state index >= 15 is 0 Å². The molecule has 1 saturated heterocycles. The van der Waals surface area contributed by atoms with Gasteiger partial charge in [0.2, 0.25) is 0 Å². The summed E-state index contributed by atoms with van der Waals surface area (Å²) >= 11 is 0. The molecule has 2 aliphatic heterocycles. The van der Waals surface area contributed by atoms with Gasteiger partial charge in [0.1, 0.15) is 0 Å². The van der Waals surface area contributed by atoms with Gasteiger partial charge in [0.25, 0.3) is 0 Å². The number of rotatable bonds is 2. The summed E-state index contributed by atoms with van der Waals surface area (Å²) in [5, 5.41) is 3.40.